The van der Waals surface area contributed by atoms with Gasteiger partial charge in [-0.25, -0.2) is 0 Å². The molecule has 4 heteroatoms. The predicted molar refractivity (Wildman–Crippen MR) is 63.2 cm³/mol. The highest BCUT2D eigenvalue weighted by Gasteiger charge is 2.09. The van der Waals surface area contributed by atoms with Crippen molar-refractivity contribution >= 4 is 28.4 Å². The lowest BCUT2D eigenvalue weighted by Gasteiger charge is -2.14. The summed E-state index contributed by atoms with van der Waals surface area (Å²) in [6.45, 7) is 0. The Kier molecular flexibility index (Phi) is 1.82. The maximum Gasteiger partial charge on any atom is 0.248 e. The van der Waals surface area contributed by atoms with Crippen molar-refractivity contribution in [2.75, 3.05) is 5.32 Å². The third-order valence-electron chi connectivity index (χ3n) is 2.36. The quantitative estimate of drug-likeness (QED) is 0.711. The van der Waals surface area contributed by atoms with Crippen LogP contribution < -0.4 is 10.9 Å². The minimum Gasteiger partial charge on any atom is -0.360 e. The molecule has 1 aromatic carbocycles. The van der Waals surface area contributed by atoms with E-state index in [0.717, 1.165) is 16.6 Å². The summed E-state index contributed by atoms with van der Waals surface area (Å²) >= 11 is 1.67. The average molecular weight is 216 g/mol. The van der Waals surface area contributed by atoms with E-state index in [4.69, 9.17) is 0 Å². The summed E-state index contributed by atoms with van der Waals surface area (Å²) in [4.78, 5) is 15.1. The van der Waals surface area contributed by atoms with E-state index in [0.29, 0.717) is 0 Å². The molecule has 0 aliphatic carbocycles. The summed E-state index contributed by atoms with van der Waals surface area (Å²) in [6, 6.07) is 7.34. The normalized spacial score (nSPS) is 13.6. The third-order valence-corrected chi connectivity index (χ3v) is 3.22. The molecular weight excluding hydrogens is 208 g/mol. The van der Waals surface area contributed by atoms with Gasteiger partial charge in [-0.3, -0.25) is 4.79 Å². The minimum absolute atomic E-state index is 0.0681. The van der Waals surface area contributed by atoms with Gasteiger partial charge >= 0.3 is 0 Å². The zero-order chi connectivity index (χ0) is 10.3. The van der Waals surface area contributed by atoms with Crippen LogP contribution in [0, 0.1) is 0 Å². The molecule has 15 heavy (non-hydrogen) atoms. The van der Waals surface area contributed by atoms with Crippen molar-refractivity contribution in [3.8, 4) is 0 Å². The van der Waals surface area contributed by atoms with Gasteiger partial charge in [-0.05, 0) is 23.6 Å². The SMILES string of the molecule is O=c1ccc2c3c(ccc2[nH]1)SC=CN3. The van der Waals surface area contributed by atoms with Crippen LogP contribution in [0.25, 0.3) is 10.9 Å². The second kappa shape index (κ2) is 3.17. The van der Waals surface area contributed by atoms with Crippen molar-refractivity contribution in [2.24, 2.45) is 0 Å². The van der Waals surface area contributed by atoms with Crippen LogP contribution in [0.3, 0.4) is 0 Å². The highest BCUT2D eigenvalue weighted by Crippen LogP contribution is 2.36. The van der Waals surface area contributed by atoms with Crippen molar-refractivity contribution < 1.29 is 0 Å². The molecule has 0 saturated carbocycles. The van der Waals surface area contributed by atoms with E-state index in [2.05, 4.69) is 10.3 Å². The van der Waals surface area contributed by atoms with Crippen LogP contribution in [0.15, 0.2) is 45.6 Å². The lowest BCUT2D eigenvalue weighted by Crippen LogP contribution is -2.04. The molecule has 0 unspecified atom stereocenters. The summed E-state index contributed by atoms with van der Waals surface area (Å²) in [7, 11) is 0. The standard InChI is InChI=1S/C11H8N2OS/c14-10-4-1-7-8(13-10)2-3-9-11(7)12-5-6-15-9/h1-6,12H,(H,13,14). The smallest absolute Gasteiger partial charge is 0.248 e. The molecule has 0 saturated heterocycles. The molecule has 1 aromatic heterocycles. The van der Waals surface area contributed by atoms with Crippen molar-refractivity contribution in [1.29, 1.82) is 0 Å². The van der Waals surface area contributed by atoms with Gasteiger partial charge in [0.2, 0.25) is 5.56 Å². The zero-order valence-electron chi connectivity index (χ0n) is 7.78. The molecule has 0 bridgehead atoms. The molecule has 3 rings (SSSR count). The fourth-order valence-electron chi connectivity index (χ4n) is 1.69. The average Bonchev–Trinajstić information content (AvgIpc) is 2.28. The first-order valence-corrected chi connectivity index (χ1v) is 5.47. The van der Waals surface area contributed by atoms with E-state index in [1.807, 2.05) is 29.8 Å². The van der Waals surface area contributed by atoms with Crippen LogP contribution in [-0.4, -0.2) is 4.98 Å². The Hall–Kier alpha value is -1.68. The number of benzene rings is 1. The number of hydrogen-bond acceptors (Lipinski definition) is 3. The Bertz CT molecular complexity index is 616. The van der Waals surface area contributed by atoms with Gasteiger partial charge in [-0.2, -0.15) is 0 Å². The van der Waals surface area contributed by atoms with Crippen LogP contribution >= 0.6 is 11.8 Å². The zero-order valence-corrected chi connectivity index (χ0v) is 8.60. The maximum absolute atomic E-state index is 11.2. The third kappa shape index (κ3) is 1.34. The van der Waals surface area contributed by atoms with Gasteiger partial charge in [0.25, 0.3) is 0 Å². The molecule has 0 atom stereocenters. The number of aromatic nitrogens is 1. The Morgan fingerprint density at radius 1 is 1.13 bits per heavy atom. The molecule has 3 nitrogen and oxygen atoms in total. The number of H-pyrrole nitrogens is 1. The van der Waals surface area contributed by atoms with Crippen molar-refractivity contribution in [3.05, 3.63) is 46.2 Å². The van der Waals surface area contributed by atoms with Gasteiger partial charge in [-0.15, -0.1) is 0 Å². The van der Waals surface area contributed by atoms with E-state index >= 15 is 0 Å². The molecular formula is C11H8N2OS. The van der Waals surface area contributed by atoms with Gasteiger partial charge < -0.3 is 10.3 Å². The first kappa shape index (κ1) is 8.61. The first-order chi connectivity index (χ1) is 7.34. The summed E-state index contributed by atoms with van der Waals surface area (Å²) in [5.41, 5.74) is 1.86. The van der Waals surface area contributed by atoms with Crippen LogP contribution in [0.2, 0.25) is 0 Å². The molecule has 74 valence electrons. The Balaban J connectivity index is 2.39. The number of anilines is 1. The molecule has 0 spiro atoms. The predicted octanol–water partition coefficient (Wildman–Crippen LogP) is 2.52. The van der Waals surface area contributed by atoms with Crippen LogP contribution in [0.1, 0.15) is 0 Å². The number of fused-ring (bicyclic) bond motifs is 3. The monoisotopic (exact) mass is 216 g/mol. The minimum atomic E-state index is -0.0681. The molecule has 2 aromatic rings. The second-order valence-corrected chi connectivity index (χ2v) is 4.24. The molecule has 1 aliphatic heterocycles. The number of thioether (sulfide) groups is 1. The highest BCUT2D eigenvalue weighted by atomic mass is 32.2. The Morgan fingerprint density at radius 3 is 3.00 bits per heavy atom. The molecule has 2 heterocycles. The van der Waals surface area contributed by atoms with Crippen LogP contribution in [0.4, 0.5) is 5.69 Å². The number of pyridine rings is 1. The van der Waals surface area contributed by atoms with Gasteiger partial charge in [0, 0.05) is 22.5 Å². The topological polar surface area (TPSA) is 44.9 Å². The van der Waals surface area contributed by atoms with Crippen molar-refractivity contribution in [1.82, 2.24) is 4.98 Å². The summed E-state index contributed by atoms with van der Waals surface area (Å²) in [5.74, 6) is 0. The molecule has 1 aliphatic rings. The van der Waals surface area contributed by atoms with E-state index in [9.17, 15) is 4.79 Å². The van der Waals surface area contributed by atoms with Crippen molar-refractivity contribution in [3.63, 3.8) is 0 Å². The lowest BCUT2D eigenvalue weighted by molar-refractivity contribution is 1.29. The largest absolute Gasteiger partial charge is 0.360 e. The fraction of sp³-hybridized carbons (Fsp3) is 0. The van der Waals surface area contributed by atoms with E-state index in [1.54, 1.807) is 17.8 Å². The van der Waals surface area contributed by atoms with E-state index in [1.165, 1.54) is 4.90 Å². The van der Waals surface area contributed by atoms with Crippen LogP contribution in [0.5, 0.6) is 0 Å². The second-order valence-electron chi connectivity index (χ2n) is 3.29. The Morgan fingerprint density at radius 2 is 2.07 bits per heavy atom. The number of hydrogen-bond donors (Lipinski definition) is 2. The number of aromatic amines is 1. The summed E-state index contributed by atoms with van der Waals surface area (Å²) in [6.07, 6.45) is 1.90. The van der Waals surface area contributed by atoms with Gasteiger partial charge in [0.1, 0.15) is 0 Å². The summed E-state index contributed by atoms with van der Waals surface area (Å²) < 4.78 is 0. The molecule has 0 fully saturated rings. The van der Waals surface area contributed by atoms with E-state index < -0.39 is 0 Å². The van der Waals surface area contributed by atoms with Gasteiger partial charge in [0.05, 0.1) is 11.2 Å². The Labute approximate surface area is 90.2 Å². The summed E-state index contributed by atoms with van der Waals surface area (Å²) in [5, 5.41) is 6.25. The highest BCUT2D eigenvalue weighted by molar-refractivity contribution is 8.02. The fourth-order valence-corrected chi connectivity index (χ4v) is 2.40. The van der Waals surface area contributed by atoms with Gasteiger partial charge in [0.15, 0.2) is 0 Å². The van der Waals surface area contributed by atoms with Crippen molar-refractivity contribution in [2.45, 2.75) is 4.90 Å². The number of rotatable bonds is 0. The molecule has 0 amide bonds. The molecule has 2 N–H and O–H groups in total. The van der Waals surface area contributed by atoms with Gasteiger partial charge in [-0.1, -0.05) is 11.8 Å². The molecule has 0 radical (unpaired) electrons. The van der Waals surface area contributed by atoms with Crippen LogP contribution in [-0.2, 0) is 0 Å². The maximum atomic E-state index is 11.2. The van der Waals surface area contributed by atoms with E-state index in [-0.39, 0.29) is 5.56 Å². The number of nitrogens with one attached hydrogen (secondary N) is 2. The lowest BCUT2D eigenvalue weighted by atomic mass is 10.2. The first-order valence-electron chi connectivity index (χ1n) is 4.59.